The maximum absolute atomic E-state index is 12.3. The summed E-state index contributed by atoms with van der Waals surface area (Å²) >= 11 is 0. The number of pyridine rings is 1. The van der Waals surface area contributed by atoms with Crippen molar-refractivity contribution in [2.75, 3.05) is 25.1 Å². The highest BCUT2D eigenvalue weighted by atomic mass is 19.4. The fourth-order valence-corrected chi connectivity index (χ4v) is 2.51. The van der Waals surface area contributed by atoms with Gasteiger partial charge in [-0.05, 0) is 36.8 Å². The van der Waals surface area contributed by atoms with Crippen molar-refractivity contribution < 1.29 is 22.7 Å². The van der Waals surface area contributed by atoms with E-state index in [1.807, 2.05) is 19.2 Å². The quantitative estimate of drug-likeness (QED) is 0.692. The lowest BCUT2D eigenvalue weighted by molar-refractivity contribution is -0.154. The first-order chi connectivity index (χ1) is 13.3. The van der Waals surface area contributed by atoms with Crippen LogP contribution in [0.5, 0.6) is 5.88 Å². The standard InChI is InChI=1S/C20H24F3N3O2/c1-3-4-12-26(2)17-9-7-15(8-10-17)18(27)25-13-16-6-5-11-24-19(16)28-14-20(21,22)23/h5-11H,3-4,12-14H2,1-2H3,(H,25,27). The van der Waals surface area contributed by atoms with Gasteiger partial charge in [0.15, 0.2) is 6.61 Å². The van der Waals surface area contributed by atoms with E-state index >= 15 is 0 Å². The fraction of sp³-hybridized carbons (Fsp3) is 0.400. The summed E-state index contributed by atoms with van der Waals surface area (Å²) in [5, 5.41) is 2.68. The van der Waals surface area contributed by atoms with Gasteiger partial charge in [-0.15, -0.1) is 0 Å². The Labute approximate surface area is 162 Å². The van der Waals surface area contributed by atoms with Gasteiger partial charge in [0.05, 0.1) is 0 Å². The minimum Gasteiger partial charge on any atom is -0.468 e. The molecule has 1 aromatic carbocycles. The van der Waals surface area contributed by atoms with E-state index in [4.69, 9.17) is 4.74 Å². The third kappa shape index (κ3) is 6.75. The van der Waals surface area contributed by atoms with Gasteiger partial charge >= 0.3 is 6.18 Å². The number of nitrogens with zero attached hydrogens (tertiary/aromatic N) is 2. The number of amides is 1. The van der Waals surface area contributed by atoms with E-state index in [1.54, 1.807) is 24.3 Å². The zero-order valence-electron chi connectivity index (χ0n) is 15.9. The number of halogens is 3. The molecule has 5 nitrogen and oxygen atoms in total. The number of rotatable bonds is 9. The van der Waals surface area contributed by atoms with Crippen LogP contribution in [0.2, 0.25) is 0 Å². The zero-order valence-corrected chi connectivity index (χ0v) is 15.9. The summed E-state index contributed by atoms with van der Waals surface area (Å²) in [7, 11) is 2.00. The molecule has 0 spiro atoms. The van der Waals surface area contributed by atoms with Crippen molar-refractivity contribution in [3.63, 3.8) is 0 Å². The summed E-state index contributed by atoms with van der Waals surface area (Å²) in [6, 6.07) is 10.3. The molecule has 1 aromatic heterocycles. The van der Waals surface area contributed by atoms with Gasteiger partial charge < -0.3 is 15.0 Å². The topological polar surface area (TPSA) is 54.5 Å². The monoisotopic (exact) mass is 395 g/mol. The SMILES string of the molecule is CCCCN(C)c1ccc(C(=O)NCc2cccnc2OCC(F)(F)F)cc1. The molecule has 0 bridgehead atoms. The highest BCUT2D eigenvalue weighted by molar-refractivity contribution is 5.94. The Kier molecular flexibility index (Phi) is 7.66. The van der Waals surface area contributed by atoms with Crippen molar-refractivity contribution in [2.24, 2.45) is 0 Å². The van der Waals surface area contributed by atoms with Crippen molar-refractivity contribution in [3.05, 3.63) is 53.7 Å². The van der Waals surface area contributed by atoms with E-state index in [0.29, 0.717) is 11.1 Å². The van der Waals surface area contributed by atoms with Gasteiger partial charge in [0, 0.05) is 43.1 Å². The summed E-state index contributed by atoms with van der Waals surface area (Å²) in [6.45, 7) is 1.64. The Morgan fingerprint density at radius 1 is 1.21 bits per heavy atom. The van der Waals surface area contributed by atoms with Crippen molar-refractivity contribution in [1.82, 2.24) is 10.3 Å². The molecule has 2 aromatic rings. The molecule has 0 saturated heterocycles. The van der Waals surface area contributed by atoms with Gasteiger partial charge in [0.2, 0.25) is 5.88 Å². The van der Waals surface area contributed by atoms with Crippen LogP contribution in [0, 0.1) is 0 Å². The maximum atomic E-state index is 12.3. The molecule has 0 saturated carbocycles. The average molecular weight is 395 g/mol. The molecule has 2 rings (SSSR count). The number of unbranched alkanes of at least 4 members (excludes halogenated alkanes) is 1. The molecule has 0 unspecified atom stereocenters. The summed E-state index contributed by atoms with van der Waals surface area (Å²) in [6.07, 6.45) is -0.925. The Morgan fingerprint density at radius 2 is 1.93 bits per heavy atom. The second kappa shape index (κ2) is 9.96. The fourth-order valence-electron chi connectivity index (χ4n) is 2.51. The predicted molar refractivity (Wildman–Crippen MR) is 102 cm³/mol. The Bertz CT molecular complexity index is 764. The van der Waals surface area contributed by atoms with Crippen molar-refractivity contribution in [1.29, 1.82) is 0 Å². The predicted octanol–water partition coefficient (Wildman–Crippen LogP) is 4.19. The first-order valence-electron chi connectivity index (χ1n) is 9.03. The first kappa shape index (κ1) is 21.5. The molecule has 28 heavy (non-hydrogen) atoms. The van der Waals surface area contributed by atoms with Crippen LogP contribution in [-0.2, 0) is 6.54 Å². The second-order valence-corrected chi connectivity index (χ2v) is 6.38. The van der Waals surface area contributed by atoms with Gasteiger partial charge in [0.1, 0.15) is 0 Å². The Morgan fingerprint density at radius 3 is 2.57 bits per heavy atom. The number of carbonyl (C=O) groups is 1. The smallest absolute Gasteiger partial charge is 0.422 e. The summed E-state index contributed by atoms with van der Waals surface area (Å²) in [4.78, 5) is 18.3. The van der Waals surface area contributed by atoms with Crippen molar-refractivity contribution in [3.8, 4) is 5.88 Å². The van der Waals surface area contributed by atoms with Crippen LogP contribution in [0.3, 0.4) is 0 Å². The zero-order chi connectivity index (χ0) is 20.6. The third-order valence-corrected chi connectivity index (χ3v) is 4.08. The van der Waals surface area contributed by atoms with Gasteiger partial charge in [-0.25, -0.2) is 4.98 Å². The molecule has 1 heterocycles. The largest absolute Gasteiger partial charge is 0.468 e. The molecule has 1 N–H and O–H groups in total. The molecule has 0 atom stereocenters. The highest BCUT2D eigenvalue weighted by Crippen LogP contribution is 2.20. The normalized spacial score (nSPS) is 11.2. The molecule has 1 amide bonds. The molecular formula is C20H24F3N3O2. The summed E-state index contributed by atoms with van der Waals surface area (Å²) in [5.74, 6) is -0.471. The minimum absolute atomic E-state index is 0.0119. The van der Waals surface area contributed by atoms with Crippen LogP contribution >= 0.6 is 0 Å². The lowest BCUT2D eigenvalue weighted by atomic mass is 10.1. The van der Waals surface area contributed by atoms with Gasteiger partial charge in [-0.1, -0.05) is 19.4 Å². The number of anilines is 1. The van der Waals surface area contributed by atoms with E-state index in [9.17, 15) is 18.0 Å². The van der Waals surface area contributed by atoms with Gasteiger partial charge in [-0.2, -0.15) is 13.2 Å². The first-order valence-corrected chi connectivity index (χ1v) is 9.03. The third-order valence-electron chi connectivity index (χ3n) is 4.08. The Balaban J connectivity index is 1.95. The molecule has 0 fully saturated rings. The van der Waals surface area contributed by atoms with Crippen LogP contribution in [0.1, 0.15) is 35.7 Å². The van der Waals surface area contributed by atoms with E-state index in [2.05, 4.69) is 22.1 Å². The van der Waals surface area contributed by atoms with E-state index < -0.39 is 12.8 Å². The molecule has 0 aliphatic carbocycles. The van der Waals surface area contributed by atoms with Crippen molar-refractivity contribution in [2.45, 2.75) is 32.5 Å². The molecule has 8 heteroatoms. The molecular weight excluding hydrogens is 371 g/mol. The number of hydrogen-bond donors (Lipinski definition) is 1. The summed E-state index contributed by atoms with van der Waals surface area (Å²) in [5.41, 5.74) is 1.85. The maximum Gasteiger partial charge on any atom is 0.422 e. The number of ether oxygens (including phenoxy) is 1. The second-order valence-electron chi connectivity index (χ2n) is 6.38. The number of benzene rings is 1. The van der Waals surface area contributed by atoms with Crippen LogP contribution in [0.25, 0.3) is 0 Å². The van der Waals surface area contributed by atoms with Crippen LogP contribution in [0.4, 0.5) is 18.9 Å². The lowest BCUT2D eigenvalue weighted by Gasteiger charge is -2.19. The highest BCUT2D eigenvalue weighted by Gasteiger charge is 2.29. The number of nitrogens with one attached hydrogen (secondary N) is 1. The lowest BCUT2D eigenvalue weighted by Crippen LogP contribution is -2.24. The number of carbonyl (C=O) groups excluding carboxylic acids is 1. The number of alkyl halides is 3. The van der Waals surface area contributed by atoms with Crippen LogP contribution < -0.4 is 15.0 Å². The summed E-state index contributed by atoms with van der Waals surface area (Å²) < 4.78 is 41.7. The molecule has 0 radical (unpaired) electrons. The van der Waals surface area contributed by atoms with Crippen LogP contribution in [0.15, 0.2) is 42.6 Å². The van der Waals surface area contributed by atoms with Gasteiger partial charge in [-0.3, -0.25) is 4.79 Å². The minimum atomic E-state index is -4.45. The number of hydrogen-bond acceptors (Lipinski definition) is 4. The molecule has 0 aliphatic rings. The van der Waals surface area contributed by atoms with Crippen molar-refractivity contribution >= 4 is 11.6 Å². The number of aromatic nitrogens is 1. The van der Waals surface area contributed by atoms with E-state index in [1.165, 1.54) is 6.20 Å². The van der Waals surface area contributed by atoms with Crippen LogP contribution in [-0.4, -0.2) is 37.3 Å². The van der Waals surface area contributed by atoms with E-state index in [0.717, 1.165) is 25.1 Å². The van der Waals surface area contributed by atoms with Gasteiger partial charge in [0.25, 0.3) is 5.91 Å². The van der Waals surface area contributed by atoms with E-state index in [-0.39, 0.29) is 18.3 Å². The Hall–Kier alpha value is -2.77. The molecule has 152 valence electrons. The average Bonchev–Trinajstić information content (AvgIpc) is 2.68. The molecule has 0 aliphatic heterocycles.